The van der Waals surface area contributed by atoms with Crippen LogP contribution in [0, 0.1) is 6.92 Å². The van der Waals surface area contributed by atoms with Gasteiger partial charge in [0.1, 0.15) is 6.04 Å². The van der Waals surface area contributed by atoms with E-state index in [-0.39, 0.29) is 5.91 Å². The van der Waals surface area contributed by atoms with Crippen molar-refractivity contribution in [1.29, 1.82) is 0 Å². The molecule has 0 spiro atoms. The first-order valence-corrected chi connectivity index (χ1v) is 7.34. The summed E-state index contributed by atoms with van der Waals surface area (Å²) in [6, 6.07) is 4.73. The first-order valence-electron chi connectivity index (χ1n) is 5.39. The highest BCUT2D eigenvalue weighted by Gasteiger charge is 2.35. The Balaban J connectivity index is 2.43. The van der Waals surface area contributed by atoms with Crippen LogP contribution in [-0.4, -0.2) is 34.5 Å². The number of carboxylic acids is 1. The number of aryl methyl sites for hydroxylation is 1. The minimum Gasteiger partial charge on any atom is -0.480 e. The van der Waals surface area contributed by atoms with Crippen molar-refractivity contribution >= 4 is 45.3 Å². The molecule has 1 unspecified atom stereocenters. The average molecular weight is 330 g/mol. The highest BCUT2D eigenvalue weighted by atomic mass is 79.9. The summed E-state index contributed by atoms with van der Waals surface area (Å²) in [5.74, 6) is -0.392. The SMILES string of the molecule is Cc1ccc(N2C(=O)CSCC2C(=O)O)c(Br)c1. The Hall–Kier alpha value is -1.01. The summed E-state index contributed by atoms with van der Waals surface area (Å²) < 4.78 is 0.744. The van der Waals surface area contributed by atoms with Crippen LogP contribution in [0.25, 0.3) is 0 Å². The highest BCUT2D eigenvalue weighted by molar-refractivity contribution is 9.10. The van der Waals surface area contributed by atoms with Gasteiger partial charge in [0.15, 0.2) is 0 Å². The van der Waals surface area contributed by atoms with Gasteiger partial charge in [0, 0.05) is 10.2 Å². The van der Waals surface area contributed by atoms with Crippen molar-refractivity contribution < 1.29 is 14.7 Å². The summed E-state index contributed by atoms with van der Waals surface area (Å²) in [7, 11) is 0. The number of carboxylic acid groups (broad SMARTS) is 1. The molecule has 1 saturated heterocycles. The lowest BCUT2D eigenvalue weighted by Gasteiger charge is -2.33. The number of carbonyl (C=O) groups is 2. The van der Waals surface area contributed by atoms with Gasteiger partial charge in [-0.3, -0.25) is 9.69 Å². The van der Waals surface area contributed by atoms with Gasteiger partial charge in [-0.1, -0.05) is 6.07 Å². The third-order valence-corrected chi connectivity index (χ3v) is 4.37. The molecular weight excluding hydrogens is 318 g/mol. The predicted molar refractivity (Wildman–Crippen MR) is 75.1 cm³/mol. The number of halogens is 1. The molecule has 96 valence electrons. The van der Waals surface area contributed by atoms with E-state index in [1.54, 1.807) is 6.07 Å². The van der Waals surface area contributed by atoms with E-state index in [9.17, 15) is 14.7 Å². The zero-order valence-electron chi connectivity index (χ0n) is 9.72. The van der Waals surface area contributed by atoms with Crippen molar-refractivity contribution in [2.45, 2.75) is 13.0 Å². The monoisotopic (exact) mass is 329 g/mol. The van der Waals surface area contributed by atoms with E-state index >= 15 is 0 Å². The maximum absolute atomic E-state index is 12.0. The standard InChI is InChI=1S/C12H12BrNO3S/c1-7-2-3-9(8(13)4-7)14-10(12(16)17)5-18-6-11(14)15/h2-4,10H,5-6H2,1H3,(H,16,17). The van der Waals surface area contributed by atoms with Crippen molar-refractivity contribution in [1.82, 2.24) is 0 Å². The van der Waals surface area contributed by atoms with Crippen LogP contribution < -0.4 is 4.90 Å². The number of nitrogens with zero attached hydrogens (tertiary/aromatic N) is 1. The summed E-state index contributed by atoms with van der Waals surface area (Å²) >= 11 is 4.75. The lowest BCUT2D eigenvalue weighted by molar-refractivity contribution is -0.139. The van der Waals surface area contributed by atoms with Crippen molar-refractivity contribution in [2.75, 3.05) is 16.4 Å². The summed E-state index contributed by atoms with van der Waals surface area (Å²) in [4.78, 5) is 24.6. The van der Waals surface area contributed by atoms with E-state index in [2.05, 4.69) is 15.9 Å². The maximum Gasteiger partial charge on any atom is 0.327 e. The molecule has 1 aromatic carbocycles. The fourth-order valence-corrected chi connectivity index (χ4v) is 3.50. The minimum absolute atomic E-state index is 0.164. The molecule has 0 aliphatic carbocycles. The number of aliphatic carboxylic acids is 1. The van der Waals surface area contributed by atoms with Crippen molar-refractivity contribution in [3.63, 3.8) is 0 Å². The molecule has 2 rings (SSSR count). The lowest BCUT2D eigenvalue weighted by Crippen LogP contribution is -2.51. The Morgan fingerprint density at radius 3 is 2.89 bits per heavy atom. The topological polar surface area (TPSA) is 57.6 Å². The van der Waals surface area contributed by atoms with Crippen LogP contribution in [0.2, 0.25) is 0 Å². The molecule has 1 atom stereocenters. The Morgan fingerprint density at radius 1 is 1.56 bits per heavy atom. The number of rotatable bonds is 2. The maximum atomic E-state index is 12.0. The number of benzene rings is 1. The van der Waals surface area contributed by atoms with Crippen LogP contribution in [0.1, 0.15) is 5.56 Å². The second kappa shape index (κ2) is 5.32. The third kappa shape index (κ3) is 2.54. The zero-order valence-corrected chi connectivity index (χ0v) is 12.1. The zero-order chi connectivity index (χ0) is 13.3. The molecule has 1 amide bonds. The van der Waals surface area contributed by atoms with Crippen molar-refractivity contribution in [3.05, 3.63) is 28.2 Å². The fraction of sp³-hybridized carbons (Fsp3) is 0.333. The number of hydrogen-bond donors (Lipinski definition) is 1. The molecule has 1 aromatic rings. The molecular formula is C12H12BrNO3S. The van der Waals surface area contributed by atoms with E-state index in [0.717, 1.165) is 10.0 Å². The molecule has 4 nitrogen and oxygen atoms in total. The Labute approximate surface area is 117 Å². The van der Waals surface area contributed by atoms with Gasteiger partial charge in [-0.2, -0.15) is 0 Å². The van der Waals surface area contributed by atoms with E-state index in [4.69, 9.17) is 0 Å². The number of anilines is 1. The molecule has 0 aromatic heterocycles. The average Bonchev–Trinajstić information content (AvgIpc) is 2.29. The van der Waals surface area contributed by atoms with Gasteiger partial charge in [0.2, 0.25) is 5.91 Å². The molecule has 0 saturated carbocycles. The molecule has 1 N–H and O–H groups in total. The van der Waals surface area contributed by atoms with Gasteiger partial charge in [0.25, 0.3) is 0 Å². The number of carbonyl (C=O) groups excluding carboxylic acids is 1. The van der Waals surface area contributed by atoms with Crippen LogP contribution in [0.3, 0.4) is 0 Å². The van der Waals surface area contributed by atoms with Crippen LogP contribution in [0.15, 0.2) is 22.7 Å². The molecule has 18 heavy (non-hydrogen) atoms. The van der Waals surface area contributed by atoms with Crippen LogP contribution >= 0.6 is 27.7 Å². The van der Waals surface area contributed by atoms with Gasteiger partial charge >= 0.3 is 5.97 Å². The van der Waals surface area contributed by atoms with Crippen molar-refractivity contribution in [3.8, 4) is 0 Å². The molecule has 0 radical (unpaired) electrons. The van der Waals surface area contributed by atoms with Crippen molar-refractivity contribution in [2.24, 2.45) is 0 Å². The molecule has 6 heteroatoms. The molecule has 1 heterocycles. The van der Waals surface area contributed by atoms with Gasteiger partial charge in [-0.15, -0.1) is 11.8 Å². The predicted octanol–water partition coefficient (Wildman–Crippen LogP) is 2.29. The minimum atomic E-state index is -0.969. The summed E-state index contributed by atoms with van der Waals surface area (Å²) in [5.41, 5.74) is 1.68. The largest absolute Gasteiger partial charge is 0.480 e. The van der Waals surface area contributed by atoms with E-state index < -0.39 is 12.0 Å². The van der Waals surface area contributed by atoms with Crippen LogP contribution in [-0.2, 0) is 9.59 Å². The molecule has 1 fully saturated rings. The highest BCUT2D eigenvalue weighted by Crippen LogP contribution is 2.32. The van der Waals surface area contributed by atoms with Gasteiger partial charge in [0.05, 0.1) is 11.4 Å². The molecule has 1 aliphatic heterocycles. The van der Waals surface area contributed by atoms with E-state index in [1.807, 2.05) is 19.1 Å². The van der Waals surface area contributed by atoms with Gasteiger partial charge in [-0.25, -0.2) is 4.79 Å². The number of thioether (sulfide) groups is 1. The summed E-state index contributed by atoms with van der Waals surface area (Å²) in [6.07, 6.45) is 0. The Morgan fingerprint density at radius 2 is 2.28 bits per heavy atom. The normalized spacial score (nSPS) is 20.0. The second-order valence-corrected chi connectivity index (χ2v) is 5.97. The van der Waals surface area contributed by atoms with Gasteiger partial charge in [-0.05, 0) is 40.5 Å². The molecule has 1 aliphatic rings. The van der Waals surface area contributed by atoms with Crippen LogP contribution in [0.5, 0.6) is 0 Å². The first-order chi connectivity index (χ1) is 8.50. The third-order valence-electron chi connectivity index (χ3n) is 2.73. The lowest BCUT2D eigenvalue weighted by atomic mass is 10.1. The second-order valence-electron chi connectivity index (χ2n) is 4.09. The fourth-order valence-electron chi connectivity index (χ4n) is 1.87. The van der Waals surface area contributed by atoms with Crippen LogP contribution in [0.4, 0.5) is 5.69 Å². The smallest absolute Gasteiger partial charge is 0.327 e. The number of amides is 1. The first kappa shape index (κ1) is 13.4. The van der Waals surface area contributed by atoms with Gasteiger partial charge < -0.3 is 5.11 Å². The summed E-state index contributed by atoms with van der Waals surface area (Å²) in [5, 5.41) is 9.21. The molecule has 0 bridgehead atoms. The van der Waals surface area contributed by atoms with E-state index in [0.29, 0.717) is 17.2 Å². The van der Waals surface area contributed by atoms with E-state index in [1.165, 1.54) is 16.7 Å². The Kier molecular flexibility index (Phi) is 3.97. The quantitative estimate of drug-likeness (QED) is 0.904. The Bertz CT molecular complexity index is 506. The number of hydrogen-bond acceptors (Lipinski definition) is 3. The summed E-state index contributed by atoms with van der Waals surface area (Å²) in [6.45, 7) is 1.94.